The maximum Gasteiger partial charge on any atom is 0.408 e. The average Bonchev–Trinajstić information content (AvgIpc) is 2.56. The minimum absolute atomic E-state index is 0.108. The fourth-order valence-electron chi connectivity index (χ4n) is 3.72. The summed E-state index contributed by atoms with van der Waals surface area (Å²) in [5.74, 6) is -2.50. The molecule has 1 heterocycles. The number of benzene rings is 1. The first kappa shape index (κ1) is 18.7. The van der Waals surface area contributed by atoms with Crippen molar-refractivity contribution in [3.8, 4) is 0 Å². The van der Waals surface area contributed by atoms with E-state index in [9.17, 15) is 22.8 Å². The number of carbonyl (C=O) groups is 2. The molecule has 142 valence electrons. The van der Waals surface area contributed by atoms with Gasteiger partial charge in [0.1, 0.15) is 12.0 Å². The highest BCUT2D eigenvalue weighted by atomic mass is 19.4. The second-order valence-electron chi connectivity index (χ2n) is 7.11. The Bertz CT molecular complexity index is 720. The molecule has 1 fully saturated rings. The van der Waals surface area contributed by atoms with Crippen LogP contribution in [0.2, 0.25) is 0 Å². The number of hydrogen-bond donors (Lipinski definition) is 3. The van der Waals surface area contributed by atoms with Crippen molar-refractivity contribution in [2.45, 2.75) is 56.9 Å². The van der Waals surface area contributed by atoms with E-state index in [4.69, 9.17) is 5.73 Å². The zero-order valence-electron chi connectivity index (χ0n) is 14.4. The molecular formula is C18H22F3N3O2. The van der Waals surface area contributed by atoms with Crippen molar-refractivity contribution >= 4 is 11.8 Å². The number of alkyl halides is 3. The van der Waals surface area contributed by atoms with Crippen molar-refractivity contribution < 1.29 is 22.8 Å². The van der Waals surface area contributed by atoms with Gasteiger partial charge in [-0.15, -0.1) is 0 Å². The third-order valence-electron chi connectivity index (χ3n) is 5.19. The van der Waals surface area contributed by atoms with E-state index < -0.39 is 30.0 Å². The molecular weight excluding hydrogens is 347 g/mol. The average molecular weight is 369 g/mol. The molecule has 1 aromatic rings. The van der Waals surface area contributed by atoms with E-state index in [0.717, 1.165) is 16.7 Å². The number of amides is 2. The summed E-state index contributed by atoms with van der Waals surface area (Å²) in [6.45, 7) is 1.96. The summed E-state index contributed by atoms with van der Waals surface area (Å²) in [5, 5.41) is 4.75. The first-order valence-electron chi connectivity index (χ1n) is 8.70. The standard InChI is InChI=1S/C18H22F3N3O2/c1-9-2-3-10-12(8-9)13(22)5-6-14(10)23-16(25)11-4-7-15(18(19,20)21)24-17(11)26/h2-3,8,11,13-15H,4-7,22H2,1H3,(H,23,25)(H,24,26)/t11?,13-,14+,15?/m0/s1. The number of rotatable bonds is 2. The van der Waals surface area contributed by atoms with Gasteiger partial charge in [0.2, 0.25) is 11.8 Å². The largest absolute Gasteiger partial charge is 0.408 e. The fraction of sp³-hybridized carbons (Fsp3) is 0.556. The summed E-state index contributed by atoms with van der Waals surface area (Å²) in [4.78, 5) is 24.5. The highest BCUT2D eigenvalue weighted by Gasteiger charge is 2.46. The minimum Gasteiger partial charge on any atom is -0.349 e. The molecule has 4 N–H and O–H groups in total. The van der Waals surface area contributed by atoms with Gasteiger partial charge >= 0.3 is 6.18 Å². The number of piperidine rings is 1. The highest BCUT2D eigenvalue weighted by Crippen LogP contribution is 2.36. The van der Waals surface area contributed by atoms with E-state index in [-0.39, 0.29) is 24.9 Å². The van der Waals surface area contributed by atoms with Gasteiger partial charge in [-0.2, -0.15) is 13.2 Å². The molecule has 0 bridgehead atoms. The molecule has 4 atom stereocenters. The maximum atomic E-state index is 12.7. The molecule has 26 heavy (non-hydrogen) atoms. The molecule has 2 amide bonds. The molecule has 2 unspecified atom stereocenters. The van der Waals surface area contributed by atoms with E-state index >= 15 is 0 Å². The van der Waals surface area contributed by atoms with E-state index in [1.54, 1.807) is 0 Å². The molecule has 0 radical (unpaired) electrons. The van der Waals surface area contributed by atoms with Crippen molar-refractivity contribution in [3.05, 3.63) is 34.9 Å². The van der Waals surface area contributed by atoms with Gasteiger partial charge < -0.3 is 16.4 Å². The van der Waals surface area contributed by atoms with Crippen LogP contribution >= 0.6 is 0 Å². The van der Waals surface area contributed by atoms with Gasteiger partial charge in [0.25, 0.3) is 0 Å². The number of nitrogens with one attached hydrogen (secondary N) is 2. The lowest BCUT2D eigenvalue weighted by Gasteiger charge is -2.33. The van der Waals surface area contributed by atoms with E-state index in [1.165, 1.54) is 0 Å². The summed E-state index contributed by atoms with van der Waals surface area (Å²) in [7, 11) is 0. The van der Waals surface area contributed by atoms with Gasteiger partial charge in [-0.25, -0.2) is 0 Å². The normalized spacial score (nSPS) is 28.9. The third kappa shape index (κ3) is 3.70. The molecule has 3 rings (SSSR count). The first-order valence-corrected chi connectivity index (χ1v) is 8.70. The summed E-state index contributed by atoms with van der Waals surface area (Å²) in [6.07, 6.45) is -3.59. The van der Waals surface area contributed by atoms with Gasteiger partial charge in [0.05, 0.1) is 6.04 Å². The summed E-state index contributed by atoms with van der Waals surface area (Å²) < 4.78 is 38.2. The van der Waals surface area contributed by atoms with Gasteiger partial charge in [0, 0.05) is 6.04 Å². The monoisotopic (exact) mass is 369 g/mol. The molecule has 1 aliphatic carbocycles. The smallest absolute Gasteiger partial charge is 0.349 e. The molecule has 8 heteroatoms. The Morgan fingerprint density at radius 1 is 1.19 bits per heavy atom. The van der Waals surface area contributed by atoms with Crippen molar-refractivity contribution in [1.29, 1.82) is 0 Å². The van der Waals surface area contributed by atoms with Gasteiger partial charge in [-0.05, 0) is 43.7 Å². The Kier molecular flexibility index (Phi) is 4.96. The maximum absolute atomic E-state index is 12.7. The molecule has 0 spiro atoms. The third-order valence-corrected chi connectivity index (χ3v) is 5.19. The number of hydrogen-bond acceptors (Lipinski definition) is 3. The number of halogens is 3. The van der Waals surface area contributed by atoms with E-state index in [2.05, 4.69) is 5.32 Å². The quantitative estimate of drug-likeness (QED) is 0.700. The molecule has 1 saturated heterocycles. The molecule has 0 aromatic heterocycles. The number of nitrogens with two attached hydrogens (primary N) is 1. The topological polar surface area (TPSA) is 84.2 Å². The molecule has 0 saturated carbocycles. The Morgan fingerprint density at radius 3 is 2.58 bits per heavy atom. The first-order chi connectivity index (χ1) is 12.2. The van der Waals surface area contributed by atoms with Crippen molar-refractivity contribution in [2.24, 2.45) is 11.7 Å². The molecule has 1 aromatic carbocycles. The predicted octanol–water partition coefficient (Wildman–Crippen LogP) is 2.40. The van der Waals surface area contributed by atoms with E-state index in [0.29, 0.717) is 12.8 Å². The lowest BCUT2D eigenvalue weighted by atomic mass is 9.83. The van der Waals surface area contributed by atoms with Crippen LogP contribution in [0.5, 0.6) is 0 Å². The van der Waals surface area contributed by atoms with E-state index in [1.807, 2.05) is 30.4 Å². The zero-order valence-corrected chi connectivity index (χ0v) is 14.4. The highest BCUT2D eigenvalue weighted by molar-refractivity contribution is 6.01. The van der Waals surface area contributed by atoms with Gasteiger partial charge in [0.15, 0.2) is 0 Å². The SMILES string of the molecule is Cc1ccc2c(c1)[C@@H](N)CC[C@H]2NC(=O)C1CCC(C(F)(F)F)NC1=O. The fourth-order valence-corrected chi connectivity index (χ4v) is 3.72. The van der Waals surface area contributed by atoms with Crippen LogP contribution in [0.1, 0.15) is 54.5 Å². The zero-order chi connectivity index (χ0) is 19.1. The van der Waals surface area contributed by atoms with Crippen molar-refractivity contribution in [1.82, 2.24) is 10.6 Å². The van der Waals surface area contributed by atoms with Crippen LogP contribution in [0.4, 0.5) is 13.2 Å². The Balaban J connectivity index is 1.70. The number of aryl methyl sites for hydroxylation is 1. The van der Waals surface area contributed by atoms with Gasteiger partial charge in [-0.1, -0.05) is 23.8 Å². The predicted molar refractivity (Wildman–Crippen MR) is 88.9 cm³/mol. The Hall–Kier alpha value is -2.09. The van der Waals surface area contributed by atoms with Crippen molar-refractivity contribution in [2.75, 3.05) is 0 Å². The van der Waals surface area contributed by atoms with Crippen LogP contribution in [0.15, 0.2) is 18.2 Å². The van der Waals surface area contributed by atoms with Crippen molar-refractivity contribution in [3.63, 3.8) is 0 Å². The van der Waals surface area contributed by atoms with Crippen LogP contribution in [0.25, 0.3) is 0 Å². The van der Waals surface area contributed by atoms with Crippen LogP contribution in [-0.4, -0.2) is 24.0 Å². The second kappa shape index (κ2) is 6.90. The molecule has 2 aliphatic rings. The van der Waals surface area contributed by atoms with Crippen LogP contribution in [-0.2, 0) is 9.59 Å². The summed E-state index contributed by atoms with van der Waals surface area (Å²) >= 11 is 0. The summed E-state index contributed by atoms with van der Waals surface area (Å²) in [5.41, 5.74) is 9.09. The second-order valence-corrected chi connectivity index (χ2v) is 7.11. The minimum atomic E-state index is -4.49. The lowest BCUT2D eigenvalue weighted by molar-refractivity contribution is -0.171. The van der Waals surface area contributed by atoms with Gasteiger partial charge in [-0.3, -0.25) is 9.59 Å². The Morgan fingerprint density at radius 2 is 1.92 bits per heavy atom. The van der Waals surface area contributed by atoms with Crippen LogP contribution < -0.4 is 16.4 Å². The van der Waals surface area contributed by atoms with Crippen LogP contribution in [0, 0.1) is 12.8 Å². The Labute approximate surface area is 149 Å². The van der Waals surface area contributed by atoms with Crippen LogP contribution in [0.3, 0.4) is 0 Å². The summed E-state index contributed by atoms with van der Waals surface area (Å²) in [6, 6.07) is 3.55. The number of carbonyl (C=O) groups excluding carboxylic acids is 2. The molecule has 5 nitrogen and oxygen atoms in total. The molecule has 1 aliphatic heterocycles. The number of fused-ring (bicyclic) bond motifs is 1. The lowest BCUT2D eigenvalue weighted by Crippen LogP contribution is -2.54.